The number of hydrogen-bond acceptors (Lipinski definition) is 10. The highest BCUT2D eigenvalue weighted by atomic mass is 32.2. The van der Waals surface area contributed by atoms with Gasteiger partial charge in [-0.25, -0.2) is 28.4 Å². The molecule has 1 amide bonds. The molecule has 232 valence electrons. The second-order valence-electron chi connectivity index (χ2n) is 9.99. The fourth-order valence-electron chi connectivity index (χ4n) is 4.84. The van der Waals surface area contributed by atoms with E-state index in [9.17, 15) is 31.5 Å². The quantitative estimate of drug-likeness (QED) is 0.282. The molecule has 1 aliphatic rings. The number of carbonyl (C=O) groups is 1. The van der Waals surface area contributed by atoms with Gasteiger partial charge >= 0.3 is 6.36 Å². The molecule has 0 radical (unpaired) electrons. The predicted molar refractivity (Wildman–Crippen MR) is 152 cm³/mol. The maximum absolute atomic E-state index is 13.7. The van der Waals surface area contributed by atoms with Gasteiger partial charge in [0.15, 0.2) is 5.65 Å². The Balaban J connectivity index is 1.41. The van der Waals surface area contributed by atoms with Gasteiger partial charge in [-0.05, 0) is 47.9 Å². The number of halogens is 3. The molecule has 3 heterocycles. The lowest BCUT2D eigenvalue weighted by atomic mass is 10.1. The molecule has 5 rings (SSSR count). The standard InChI is InChI=1S/C28H28F3N7O5S/c1-2-3-19-5-4-18(12-24(19)39)13-34-27(40)23-16-37(25-15-33-22-14-32-17-35-26(22)36-25)10-11-38(23)44(41,42)21-8-6-20(7-9-21)43-28(29,30)31/h4-9,12,14-15,17,23,39H,2-3,10-11,13,16H2,1H3,(H,34,40)/t23-/m1/s1. The molecule has 1 saturated heterocycles. The molecule has 0 bridgehead atoms. The van der Waals surface area contributed by atoms with Gasteiger partial charge in [0.25, 0.3) is 0 Å². The summed E-state index contributed by atoms with van der Waals surface area (Å²) >= 11 is 0. The molecule has 1 fully saturated rings. The fourth-order valence-corrected chi connectivity index (χ4v) is 6.41. The number of nitrogens with one attached hydrogen (secondary N) is 1. The third kappa shape index (κ3) is 6.97. The third-order valence-electron chi connectivity index (χ3n) is 6.97. The number of fused-ring (bicyclic) bond motifs is 1. The number of rotatable bonds is 9. The van der Waals surface area contributed by atoms with Crippen LogP contribution in [0.15, 0.2) is 66.1 Å². The van der Waals surface area contributed by atoms with Crippen molar-refractivity contribution < 1.29 is 36.2 Å². The van der Waals surface area contributed by atoms with Gasteiger partial charge in [0.1, 0.15) is 35.2 Å². The normalized spacial score (nSPS) is 16.2. The Bertz CT molecular complexity index is 1760. The zero-order valence-electron chi connectivity index (χ0n) is 23.4. The van der Waals surface area contributed by atoms with Gasteiger partial charge in [-0.1, -0.05) is 25.5 Å². The first-order valence-corrected chi connectivity index (χ1v) is 15.0. The molecule has 12 nitrogen and oxygen atoms in total. The average Bonchev–Trinajstić information content (AvgIpc) is 3.00. The van der Waals surface area contributed by atoms with Crippen LogP contribution in [0.25, 0.3) is 11.2 Å². The Morgan fingerprint density at radius 2 is 1.89 bits per heavy atom. The lowest BCUT2D eigenvalue weighted by molar-refractivity contribution is -0.274. The predicted octanol–water partition coefficient (Wildman–Crippen LogP) is 3.17. The van der Waals surface area contributed by atoms with Gasteiger partial charge in [-0.2, -0.15) is 4.31 Å². The van der Waals surface area contributed by atoms with E-state index in [1.807, 2.05) is 6.92 Å². The molecule has 2 aromatic carbocycles. The second kappa shape index (κ2) is 12.6. The Labute approximate surface area is 250 Å². The minimum atomic E-state index is -4.94. The molecule has 0 saturated carbocycles. The number of hydrogen-bond donors (Lipinski definition) is 2. The van der Waals surface area contributed by atoms with Crippen molar-refractivity contribution in [2.75, 3.05) is 24.5 Å². The first-order chi connectivity index (χ1) is 20.9. The molecule has 0 aliphatic carbocycles. The van der Waals surface area contributed by atoms with Crippen molar-refractivity contribution >= 4 is 32.9 Å². The van der Waals surface area contributed by atoms with Crippen molar-refractivity contribution in [2.24, 2.45) is 0 Å². The van der Waals surface area contributed by atoms with Crippen LogP contribution in [0.1, 0.15) is 24.5 Å². The number of nitrogens with zero attached hydrogens (tertiary/aromatic N) is 6. The number of aromatic hydroxyl groups is 1. The number of phenols is 1. The van der Waals surface area contributed by atoms with Crippen LogP contribution in [-0.2, 0) is 27.8 Å². The van der Waals surface area contributed by atoms with Gasteiger partial charge in [0, 0.05) is 26.2 Å². The molecule has 0 unspecified atom stereocenters. The number of aromatic nitrogens is 4. The molecular formula is C28H28F3N7O5S. The van der Waals surface area contributed by atoms with Gasteiger partial charge in [0.2, 0.25) is 15.9 Å². The van der Waals surface area contributed by atoms with Crippen molar-refractivity contribution in [2.45, 2.75) is 43.6 Å². The van der Waals surface area contributed by atoms with E-state index in [0.29, 0.717) is 29.0 Å². The number of anilines is 1. The molecule has 16 heteroatoms. The van der Waals surface area contributed by atoms with Gasteiger partial charge in [0.05, 0.1) is 17.3 Å². The van der Waals surface area contributed by atoms with Crippen molar-refractivity contribution in [3.8, 4) is 11.5 Å². The van der Waals surface area contributed by atoms with E-state index in [1.54, 1.807) is 23.1 Å². The van der Waals surface area contributed by atoms with E-state index in [1.165, 1.54) is 18.7 Å². The van der Waals surface area contributed by atoms with Crippen molar-refractivity contribution in [3.63, 3.8) is 0 Å². The molecule has 1 atom stereocenters. The SMILES string of the molecule is CCCc1ccc(CNC(=O)[C@H]2CN(c3cnc4cncnc4n3)CCN2S(=O)(=O)c2ccc(OC(F)(F)F)cc2)cc1O. The topological polar surface area (TPSA) is 151 Å². The Morgan fingerprint density at radius 3 is 2.59 bits per heavy atom. The highest BCUT2D eigenvalue weighted by Gasteiger charge is 2.41. The van der Waals surface area contributed by atoms with Gasteiger partial charge in [-0.3, -0.25) is 4.79 Å². The number of piperazine rings is 1. The Morgan fingerprint density at radius 1 is 1.11 bits per heavy atom. The van der Waals surface area contributed by atoms with Crippen LogP contribution < -0.4 is 15.0 Å². The Kier molecular flexibility index (Phi) is 8.82. The maximum Gasteiger partial charge on any atom is 0.573 e. The van der Waals surface area contributed by atoms with E-state index >= 15 is 0 Å². The van der Waals surface area contributed by atoms with Gasteiger partial charge in [-0.15, -0.1) is 13.2 Å². The number of phenolic OH excluding ortho intramolecular Hbond substituents is 1. The van der Waals surface area contributed by atoms with Crippen LogP contribution in [0, 0.1) is 0 Å². The minimum Gasteiger partial charge on any atom is -0.508 e. The third-order valence-corrected chi connectivity index (χ3v) is 8.89. The molecule has 4 aromatic rings. The highest BCUT2D eigenvalue weighted by molar-refractivity contribution is 7.89. The average molecular weight is 632 g/mol. The van der Waals surface area contributed by atoms with Crippen LogP contribution in [-0.4, -0.2) is 75.7 Å². The zero-order chi connectivity index (χ0) is 31.5. The number of carbonyl (C=O) groups excluding carboxylic acids is 1. The van der Waals surface area contributed by atoms with Crippen molar-refractivity contribution in [1.29, 1.82) is 0 Å². The van der Waals surface area contributed by atoms with E-state index in [0.717, 1.165) is 40.6 Å². The number of benzene rings is 2. The summed E-state index contributed by atoms with van der Waals surface area (Å²) in [5.74, 6) is -0.731. The molecule has 2 N–H and O–H groups in total. The summed E-state index contributed by atoms with van der Waals surface area (Å²) in [6.07, 6.45) is 0.890. The summed E-state index contributed by atoms with van der Waals surface area (Å²) in [5.41, 5.74) is 2.16. The number of sulfonamides is 1. The lowest BCUT2D eigenvalue weighted by Gasteiger charge is -2.40. The summed E-state index contributed by atoms with van der Waals surface area (Å²) in [6.45, 7) is 1.89. The molecule has 44 heavy (non-hydrogen) atoms. The molecular weight excluding hydrogens is 603 g/mol. The summed E-state index contributed by atoms with van der Waals surface area (Å²) in [7, 11) is -4.35. The molecule has 2 aromatic heterocycles. The van der Waals surface area contributed by atoms with E-state index < -0.39 is 34.1 Å². The van der Waals surface area contributed by atoms with Crippen LogP contribution in [0.4, 0.5) is 19.0 Å². The molecule has 1 aliphatic heterocycles. The second-order valence-corrected chi connectivity index (χ2v) is 11.9. The fraction of sp³-hybridized carbons (Fsp3) is 0.321. The molecule has 0 spiro atoms. The monoisotopic (exact) mass is 631 g/mol. The zero-order valence-corrected chi connectivity index (χ0v) is 24.2. The number of alkyl halides is 3. The van der Waals surface area contributed by atoms with Crippen LogP contribution in [0.2, 0.25) is 0 Å². The summed E-state index contributed by atoms with van der Waals surface area (Å²) in [6, 6.07) is 7.61. The number of ether oxygens (including phenoxy) is 1. The number of amides is 1. The van der Waals surface area contributed by atoms with Crippen LogP contribution in [0.5, 0.6) is 11.5 Å². The maximum atomic E-state index is 13.7. The van der Waals surface area contributed by atoms with Crippen molar-refractivity contribution in [1.82, 2.24) is 29.6 Å². The van der Waals surface area contributed by atoms with Crippen molar-refractivity contribution in [3.05, 3.63) is 72.3 Å². The van der Waals surface area contributed by atoms with Crippen LogP contribution >= 0.6 is 0 Å². The van der Waals surface area contributed by atoms with E-state index in [4.69, 9.17) is 0 Å². The smallest absolute Gasteiger partial charge is 0.508 e. The summed E-state index contributed by atoms with van der Waals surface area (Å²) in [4.78, 5) is 31.8. The largest absolute Gasteiger partial charge is 0.573 e. The van der Waals surface area contributed by atoms with Gasteiger partial charge < -0.3 is 20.1 Å². The first-order valence-electron chi connectivity index (χ1n) is 13.6. The number of aryl methyl sites for hydroxylation is 1. The minimum absolute atomic E-state index is 0.0133. The van der Waals surface area contributed by atoms with Crippen LogP contribution in [0.3, 0.4) is 0 Å². The Hall–Kier alpha value is -4.57. The summed E-state index contributed by atoms with van der Waals surface area (Å²) < 4.78 is 70.1. The highest BCUT2D eigenvalue weighted by Crippen LogP contribution is 2.28. The lowest BCUT2D eigenvalue weighted by Crippen LogP contribution is -2.60. The van der Waals surface area contributed by atoms with E-state index in [2.05, 4.69) is 30.0 Å². The summed E-state index contributed by atoms with van der Waals surface area (Å²) in [5, 5.41) is 13.1. The first kappa shape index (κ1) is 30.9. The van der Waals surface area contributed by atoms with E-state index in [-0.39, 0.29) is 36.8 Å².